The molecule has 0 unspecified atom stereocenters. The van der Waals surface area contributed by atoms with Crippen LogP contribution in [0.3, 0.4) is 0 Å². The maximum atomic E-state index is 12.7. The van der Waals surface area contributed by atoms with E-state index in [1.165, 1.54) is 22.2 Å². The highest BCUT2D eigenvalue weighted by Crippen LogP contribution is 2.24. The Morgan fingerprint density at radius 3 is 2.82 bits per heavy atom. The molecule has 0 aliphatic carbocycles. The van der Waals surface area contributed by atoms with Gasteiger partial charge in [0.15, 0.2) is 4.80 Å². The standard InChI is InChI=1S/C20H14N4O3S/c1-23-13-7-3-5-9-15(13)28-20(23)22-16(25)10-24-11-21-17-12-6-2-4-8-14(12)27-18(17)19(24)26/h2-9,11H,10H2,1H3. The molecule has 2 aromatic carbocycles. The lowest BCUT2D eigenvalue weighted by Gasteiger charge is -2.01. The molecule has 0 saturated heterocycles. The first-order chi connectivity index (χ1) is 13.6. The molecule has 0 N–H and O–H groups in total. The topological polar surface area (TPSA) is 82.4 Å². The van der Waals surface area contributed by atoms with Crippen LogP contribution in [0.25, 0.3) is 32.3 Å². The van der Waals surface area contributed by atoms with Crippen molar-refractivity contribution in [3.63, 3.8) is 0 Å². The minimum atomic E-state index is -0.429. The molecule has 28 heavy (non-hydrogen) atoms. The monoisotopic (exact) mass is 390 g/mol. The van der Waals surface area contributed by atoms with Crippen LogP contribution >= 0.6 is 11.3 Å². The van der Waals surface area contributed by atoms with Crippen LogP contribution in [0.2, 0.25) is 0 Å². The van der Waals surface area contributed by atoms with Gasteiger partial charge in [0.1, 0.15) is 17.6 Å². The number of rotatable bonds is 2. The Bertz CT molecular complexity index is 1500. The number of aryl methyl sites for hydroxylation is 1. The van der Waals surface area contributed by atoms with E-state index < -0.39 is 11.5 Å². The maximum absolute atomic E-state index is 12.7. The summed E-state index contributed by atoms with van der Waals surface area (Å²) in [6.45, 7) is -0.201. The zero-order valence-electron chi connectivity index (χ0n) is 14.8. The third-order valence-electron chi connectivity index (χ3n) is 4.59. The van der Waals surface area contributed by atoms with Crippen molar-refractivity contribution in [2.45, 2.75) is 6.54 Å². The van der Waals surface area contributed by atoms with Crippen LogP contribution in [-0.2, 0) is 18.4 Å². The second-order valence-electron chi connectivity index (χ2n) is 6.37. The summed E-state index contributed by atoms with van der Waals surface area (Å²) in [4.78, 5) is 34.3. The summed E-state index contributed by atoms with van der Waals surface area (Å²) in [7, 11) is 1.86. The Balaban J connectivity index is 1.55. The number of hydrogen-bond acceptors (Lipinski definition) is 5. The number of benzene rings is 2. The SMILES string of the molecule is Cn1c(=NC(=O)Cn2cnc3c(oc4ccccc43)c2=O)sc2ccccc21. The molecule has 1 amide bonds. The highest BCUT2D eigenvalue weighted by atomic mass is 32.1. The number of aromatic nitrogens is 3. The van der Waals surface area contributed by atoms with Crippen LogP contribution < -0.4 is 10.4 Å². The zero-order chi connectivity index (χ0) is 19.3. The lowest BCUT2D eigenvalue weighted by atomic mass is 10.2. The minimum Gasteiger partial charge on any atom is -0.448 e. The average Bonchev–Trinajstić information content (AvgIpc) is 3.23. The molecule has 3 aromatic heterocycles. The van der Waals surface area contributed by atoms with E-state index >= 15 is 0 Å². The Kier molecular flexibility index (Phi) is 3.73. The molecule has 0 spiro atoms. The van der Waals surface area contributed by atoms with E-state index in [-0.39, 0.29) is 12.1 Å². The number of nitrogens with zero attached hydrogens (tertiary/aromatic N) is 4. The third kappa shape index (κ3) is 2.57. The molecule has 5 aromatic rings. The number of thiazole rings is 1. The summed E-state index contributed by atoms with van der Waals surface area (Å²) in [6, 6.07) is 15.1. The van der Waals surface area contributed by atoms with Gasteiger partial charge in [-0.2, -0.15) is 4.99 Å². The van der Waals surface area contributed by atoms with E-state index in [0.717, 1.165) is 15.6 Å². The summed E-state index contributed by atoms with van der Waals surface area (Å²) >= 11 is 1.43. The smallest absolute Gasteiger partial charge is 0.297 e. The molecule has 0 atom stereocenters. The van der Waals surface area contributed by atoms with Crippen molar-refractivity contribution in [2.24, 2.45) is 12.0 Å². The first kappa shape index (κ1) is 16.6. The quantitative estimate of drug-likeness (QED) is 0.464. The van der Waals surface area contributed by atoms with Crippen molar-refractivity contribution in [1.29, 1.82) is 0 Å². The number of hydrogen-bond donors (Lipinski definition) is 0. The molecule has 0 saturated carbocycles. The van der Waals surface area contributed by atoms with Crippen molar-refractivity contribution in [1.82, 2.24) is 14.1 Å². The number of amides is 1. The number of furan rings is 1. The van der Waals surface area contributed by atoms with Gasteiger partial charge in [0, 0.05) is 12.4 Å². The average molecular weight is 390 g/mol. The number of carbonyl (C=O) groups is 1. The molecule has 138 valence electrons. The summed E-state index contributed by atoms with van der Waals surface area (Å²) in [5, 5.41) is 0.773. The van der Waals surface area contributed by atoms with Crippen molar-refractivity contribution < 1.29 is 9.21 Å². The lowest BCUT2D eigenvalue weighted by Crippen LogP contribution is -2.25. The van der Waals surface area contributed by atoms with Crippen LogP contribution in [0, 0.1) is 0 Å². The van der Waals surface area contributed by atoms with Crippen LogP contribution in [0.5, 0.6) is 0 Å². The molecule has 7 nitrogen and oxygen atoms in total. The molecular formula is C20H14N4O3S. The summed E-state index contributed by atoms with van der Waals surface area (Å²) in [5.74, 6) is -0.429. The number of para-hydroxylation sites is 2. The zero-order valence-corrected chi connectivity index (χ0v) is 15.6. The summed E-state index contributed by atoms with van der Waals surface area (Å²) in [6.07, 6.45) is 1.37. The van der Waals surface area contributed by atoms with Crippen LogP contribution in [-0.4, -0.2) is 20.0 Å². The Labute approximate surface area is 161 Å². The Hall–Kier alpha value is -3.52. The molecule has 0 fully saturated rings. The van der Waals surface area contributed by atoms with Crippen LogP contribution in [0.1, 0.15) is 0 Å². The van der Waals surface area contributed by atoms with Gasteiger partial charge >= 0.3 is 0 Å². The molecule has 0 aliphatic rings. The van der Waals surface area contributed by atoms with Crippen LogP contribution in [0.4, 0.5) is 0 Å². The third-order valence-corrected chi connectivity index (χ3v) is 5.70. The van der Waals surface area contributed by atoms with E-state index in [0.29, 0.717) is 15.9 Å². The molecule has 8 heteroatoms. The Morgan fingerprint density at radius 2 is 1.96 bits per heavy atom. The van der Waals surface area contributed by atoms with Crippen molar-refractivity contribution in [3.05, 3.63) is 70.0 Å². The largest absolute Gasteiger partial charge is 0.448 e. The van der Waals surface area contributed by atoms with Gasteiger partial charge in [-0.1, -0.05) is 35.6 Å². The first-order valence-electron chi connectivity index (χ1n) is 8.60. The van der Waals surface area contributed by atoms with Crippen molar-refractivity contribution in [3.8, 4) is 0 Å². The van der Waals surface area contributed by atoms with Gasteiger partial charge in [-0.15, -0.1) is 0 Å². The maximum Gasteiger partial charge on any atom is 0.297 e. The Morgan fingerprint density at radius 1 is 1.18 bits per heavy atom. The van der Waals surface area contributed by atoms with E-state index in [2.05, 4.69) is 9.98 Å². The van der Waals surface area contributed by atoms with Crippen molar-refractivity contribution >= 4 is 49.5 Å². The van der Waals surface area contributed by atoms with Gasteiger partial charge in [0.2, 0.25) is 5.58 Å². The second-order valence-corrected chi connectivity index (χ2v) is 7.38. The normalized spacial score (nSPS) is 12.4. The summed E-state index contributed by atoms with van der Waals surface area (Å²) < 4.78 is 9.77. The highest BCUT2D eigenvalue weighted by Gasteiger charge is 2.14. The molecule has 0 aliphatic heterocycles. The highest BCUT2D eigenvalue weighted by molar-refractivity contribution is 7.16. The molecule has 3 heterocycles. The lowest BCUT2D eigenvalue weighted by molar-refractivity contribution is -0.118. The van der Waals surface area contributed by atoms with Gasteiger partial charge in [-0.05, 0) is 24.3 Å². The number of fused-ring (bicyclic) bond motifs is 4. The van der Waals surface area contributed by atoms with E-state index in [4.69, 9.17) is 4.42 Å². The minimum absolute atomic E-state index is 0.143. The van der Waals surface area contributed by atoms with Gasteiger partial charge in [0.25, 0.3) is 11.5 Å². The fourth-order valence-electron chi connectivity index (χ4n) is 3.20. The van der Waals surface area contributed by atoms with E-state index in [9.17, 15) is 9.59 Å². The fraction of sp³-hybridized carbons (Fsp3) is 0.100. The predicted octanol–water partition coefficient (Wildman–Crippen LogP) is 2.82. The van der Waals surface area contributed by atoms with E-state index in [1.807, 2.05) is 54.1 Å². The second kappa shape index (κ2) is 6.28. The fourth-order valence-corrected chi connectivity index (χ4v) is 4.24. The van der Waals surface area contributed by atoms with Gasteiger partial charge in [-0.3, -0.25) is 14.2 Å². The summed E-state index contributed by atoms with van der Waals surface area (Å²) in [5.41, 5.74) is 1.83. The van der Waals surface area contributed by atoms with Crippen LogP contribution in [0.15, 0.2) is 69.1 Å². The van der Waals surface area contributed by atoms with Gasteiger partial charge in [-0.25, -0.2) is 4.98 Å². The molecular weight excluding hydrogens is 376 g/mol. The van der Waals surface area contributed by atoms with Gasteiger partial charge in [0.05, 0.1) is 16.5 Å². The molecule has 5 rings (SSSR count). The van der Waals surface area contributed by atoms with Gasteiger partial charge < -0.3 is 8.98 Å². The first-order valence-corrected chi connectivity index (χ1v) is 9.42. The van der Waals surface area contributed by atoms with Crippen molar-refractivity contribution in [2.75, 3.05) is 0 Å². The molecule has 0 radical (unpaired) electrons. The van der Waals surface area contributed by atoms with E-state index in [1.54, 1.807) is 6.07 Å². The number of carbonyl (C=O) groups excluding carboxylic acids is 1. The predicted molar refractivity (Wildman–Crippen MR) is 107 cm³/mol. The molecule has 0 bridgehead atoms.